The molecule has 1 N–H and O–H groups in total. The summed E-state index contributed by atoms with van der Waals surface area (Å²) < 4.78 is 2.20. The molecule has 4 heteroatoms. The van der Waals surface area contributed by atoms with Gasteiger partial charge in [0.2, 0.25) is 0 Å². The number of rotatable bonds is 6. The summed E-state index contributed by atoms with van der Waals surface area (Å²) in [5.41, 5.74) is 2.30. The molecule has 1 unspecified atom stereocenters. The SMILES string of the molecule is CC(C)NCc1c(SC(C)C(C)C)nc2ccccn12. The minimum atomic E-state index is 0.477. The van der Waals surface area contributed by atoms with E-state index in [0.717, 1.165) is 17.2 Å². The highest BCUT2D eigenvalue weighted by atomic mass is 32.2. The highest BCUT2D eigenvalue weighted by Gasteiger charge is 2.17. The Labute approximate surface area is 126 Å². The number of nitrogens with one attached hydrogen (secondary N) is 1. The van der Waals surface area contributed by atoms with Gasteiger partial charge in [0.15, 0.2) is 0 Å². The lowest BCUT2D eigenvalue weighted by atomic mass is 10.2. The van der Waals surface area contributed by atoms with E-state index in [-0.39, 0.29) is 0 Å². The van der Waals surface area contributed by atoms with E-state index < -0.39 is 0 Å². The molecule has 2 aromatic heterocycles. The van der Waals surface area contributed by atoms with E-state index in [1.807, 2.05) is 17.8 Å². The molecule has 0 spiro atoms. The minimum absolute atomic E-state index is 0.477. The van der Waals surface area contributed by atoms with E-state index in [1.165, 1.54) is 5.69 Å². The van der Waals surface area contributed by atoms with E-state index in [4.69, 9.17) is 4.98 Å². The second-order valence-corrected chi connectivity index (χ2v) is 7.26. The van der Waals surface area contributed by atoms with Gasteiger partial charge < -0.3 is 9.72 Å². The molecule has 3 nitrogen and oxygen atoms in total. The first-order valence-electron chi connectivity index (χ1n) is 7.35. The molecular weight excluding hydrogens is 266 g/mol. The minimum Gasteiger partial charge on any atom is -0.309 e. The highest BCUT2D eigenvalue weighted by molar-refractivity contribution is 7.99. The van der Waals surface area contributed by atoms with Gasteiger partial charge in [-0.05, 0) is 18.1 Å². The largest absolute Gasteiger partial charge is 0.309 e. The van der Waals surface area contributed by atoms with Crippen molar-refractivity contribution in [3.05, 3.63) is 30.1 Å². The normalized spacial score (nSPS) is 13.6. The van der Waals surface area contributed by atoms with Crippen LogP contribution in [0.2, 0.25) is 0 Å². The van der Waals surface area contributed by atoms with E-state index >= 15 is 0 Å². The maximum absolute atomic E-state index is 4.80. The van der Waals surface area contributed by atoms with Gasteiger partial charge in [-0.25, -0.2) is 4.98 Å². The molecule has 110 valence electrons. The van der Waals surface area contributed by atoms with Gasteiger partial charge in [-0.2, -0.15) is 0 Å². The van der Waals surface area contributed by atoms with E-state index in [0.29, 0.717) is 17.2 Å². The summed E-state index contributed by atoms with van der Waals surface area (Å²) in [4.78, 5) is 4.80. The van der Waals surface area contributed by atoms with Gasteiger partial charge >= 0.3 is 0 Å². The van der Waals surface area contributed by atoms with Crippen molar-refractivity contribution in [2.24, 2.45) is 5.92 Å². The van der Waals surface area contributed by atoms with Gasteiger partial charge in [-0.1, -0.05) is 40.7 Å². The van der Waals surface area contributed by atoms with Crippen molar-refractivity contribution in [3.8, 4) is 0 Å². The van der Waals surface area contributed by atoms with Crippen molar-refractivity contribution >= 4 is 17.4 Å². The smallest absolute Gasteiger partial charge is 0.138 e. The fourth-order valence-electron chi connectivity index (χ4n) is 1.89. The fourth-order valence-corrected chi connectivity index (χ4v) is 2.97. The summed E-state index contributed by atoms with van der Waals surface area (Å²) in [6, 6.07) is 6.66. The van der Waals surface area contributed by atoms with Crippen LogP contribution in [0.25, 0.3) is 5.65 Å². The third kappa shape index (κ3) is 3.55. The van der Waals surface area contributed by atoms with E-state index in [2.05, 4.69) is 62.7 Å². The molecule has 2 heterocycles. The molecule has 0 aliphatic rings. The molecule has 1 atom stereocenters. The Morgan fingerprint density at radius 2 is 1.95 bits per heavy atom. The molecule has 0 fully saturated rings. The van der Waals surface area contributed by atoms with Gasteiger partial charge in [0.25, 0.3) is 0 Å². The topological polar surface area (TPSA) is 29.3 Å². The second-order valence-electron chi connectivity index (χ2n) is 5.90. The lowest BCUT2D eigenvalue weighted by molar-refractivity contribution is 0.573. The van der Waals surface area contributed by atoms with Crippen LogP contribution in [0.5, 0.6) is 0 Å². The average molecular weight is 291 g/mol. The van der Waals surface area contributed by atoms with Crippen molar-refractivity contribution in [2.75, 3.05) is 0 Å². The third-order valence-corrected chi connectivity index (χ3v) is 4.97. The summed E-state index contributed by atoms with van der Waals surface area (Å²) in [6.45, 7) is 12.0. The second kappa shape index (κ2) is 6.64. The standard InChI is InChI=1S/C16H25N3S/c1-11(2)13(5)20-16-14(10-17-12(3)4)19-9-7-6-8-15(19)18-16/h6-9,11-13,17H,10H2,1-5H3. The van der Waals surface area contributed by atoms with Gasteiger partial charge in [0.05, 0.1) is 5.69 Å². The van der Waals surface area contributed by atoms with E-state index in [1.54, 1.807) is 0 Å². The van der Waals surface area contributed by atoms with Gasteiger partial charge in [0, 0.05) is 24.0 Å². The Morgan fingerprint density at radius 3 is 2.60 bits per heavy atom. The van der Waals surface area contributed by atoms with Crippen LogP contribution in [-0.2, 0) is 6.54 Å². The molecule has 0 saturated heterocycles. The molecule has 0 aliphatic carbocycles. The highest BCUT2D eigenvalue weighted by Crippen LogP contribution is 2.30. The van der Waals surface area contributed by atoms with Crippen LogP contribution in [-0.4, -0.2) is 20.7 Å². The zero-order chi connectivity index (χ0) is 14.7. The monoisotopic (exact) mass is 291 g/mol. The van der Waals surface area contributed by atoms with Crippen LogP contribution in [0, 0.1) is 5.92 Å². The van der Waals surface area contributed by atoms with Crippen molar-refractivity contribution in [3.63, 3.8) is 0 Å². The maximum Gasteiger partial charge on any atom is 0.138 e. The lowest BCUT2D eigenvalue weighted by Crippen LogP contribution is -2.23. The van der Waals surface area contributed by atoms with Crippen LogP contribution in [0.1, 0.15) is 40.3 Å². The molecule has 0 bridgehead atoms. The number of pyridine rings is 1. The Morgan fingerprint density at radius 1 is 1.20 bits per heavy atom. The molecular formula is C16H25N3S. The van der Waals surface area contributed by atoms with Gasteiger partial charge in [-0.3, -0.25) is 0 Å². The van der Waals surface area contributed by atoms with Gasteiger partial charge in [0.1, 0.15) is 10.7 Å². The quantitative estimate of drug-likeness (QED) is 0.817. The zero-order valence-corrected chi connectivity index (χ0v) is 13.9. The predicted octanol–water partition coefficient (Wildman–Crippen LogP) is 3.97. The Kier molecular flexibility index (Phi) is 5.11. The Hall–Kier alpha value is -1.00. The summed E-state index contributed by atoms with van der Waals surface area (Å²) in [5.74, 6) is 0.649. The number of fused-ring (bicyclic) bond motifs is 1. The molecule has 0 radical (unpaired) electrons. The van der Waals surface area contributed by atoms with Crippen LogP contribution >= 0.6 is 11.8 Å². The van der Waals surface area contributed by atoms with Crippen LogP contribution < -0.4 is 5.32 Å². The van der Waals surface area contributed by atoms with Crippen molar-refractivity contribution in [2.45, 2.75) is 57.5 Å². The lowest BCUT2D eigenvalue weighted by Gasteiger charge is -2.15. The van der Waals surface area contributed by atoms with Gasteiger partial charge in [-0.15, -0.1) is 11.8 Å². The number of imidazole rings is 1. The number of hydrogen-bond acceptors (Lipinski definition) is 3. The average Bonchev–Trinajstić information content (AvgIpc) is 2.73. The van der Waals surface area contributed by atoms with Crippen molar-refractivity contribution in [1.82, 2.24) is 14.7 Å². The van der Waals surface area contributed by atoms with Crippen LogP contribution in [0.3, 0.4) is 0 Å². The molecule has 20 heavy (non-hydrogen) atoms. The zero-order valence-electron chi connectivity index (χ0n) is 13.1. The molecule has 0 amide bonds. The number of thioether (sulfide) groups is 1. The van der Waals surface area contributed by atoms with Crippen LogP contribution in [0.4, 0.5) is 0 Å². The first-order valence-corrected chi connectivity index (χ1v) is 8.23. The summed E-state index contributed by atoms with van der Waals surface area (Å²) in [6.07, 6.45) is 2.10. The number of aromatic nitrogens is 2. The molecule has 0 aliphatic heterocycles. The molecule has 0 saturated carbocycles. The predicted molar refractivity (Wildman–Crippen MR) is 87.3 cm³/mol. The molecule has 2 aromatic rings. The summed E-state index contributed by atoms with van der Waals surface area (Å²) >= 11 is 1.88. The summed E-state index contributed by atoms with van der Waals surface area (Å²) in [5, 5.41) is 5.23. The number of nitrogens with zero attached hydrogens (tertiary/aromatic N) is 2. The van der Waals surface area contributed by atoms with Crippen molar-refractivity contribution < 1.29 is 0 Å². The fraction of sp³-hybridized carbons (Fsp3) is 0.562. The summed E-state index contributed by atoms with van der Waals surface area (Å²) in [7, 11) is 0. The molecule has 0 aromatic carbocycles. The maximum atomic E-state index is 4.80. The van der Waals surface area contributed by atoms with Crippen LogP contribution in [0.15, 0.2) is 29.4 Å². The van der Waals surface area contributed by atoms with E-state index in [9.17, 15) is 0 Å². The van der Waals surface area contributed by atoms with Crippen molar-refractivity contribution in [1.29, 1.82) is 0 Å². The first-order chi connectivity index (χ1) is 9.49. The molecule has 2 rings (SSSR count). The number of hydrogen-bond donors (Lipinski definition) is 1. The first kappa shape index (κ1) is 15.4. The third-order valence-electron chi connectivity index (χ3n) is 3.51. The Bertz CT molecular complexity index is 560. The Balaban J connectivity index is 2.33.